The van der Waals surface area contributed by atoms with Crippen LogP contribution in [0.5, 0.6) is 0 Å². The van der Waals surface area contributed by atoms with Crippen LogP contribution >= 0.6 is 0 Å². The molecule has 0 unspecified atom stereocenters. The van der Waals surface area contributed by atoms with Crippen LogP contribution in [0.2, 0.25) is 0 Å². The summed E-state index contributed by atoms with van der Waals surface area (Å²) < 4.78 is 26.3. The highest BCUT2D eigenvalue weighted by molar-refractivity contribution is 7.92. The zero-order chi connectivity index (χ0) is 25.5. The Kier molecular flexibility index (Phi) is 8.44. The lowest BCUT2D eigenvalue weighted by Crippen LogP contribution is -2.50. The van der Waals surface area contributed by atoms with Crippen LogP contribution in [-0.4, -0.2) is 63.1 Å². The quantitative estimate of drug-likeness (QED) is 0.430. The van der Waals surface area contributed by atoms with Gasteiger partial charge in [0.2, 0.25) is 15.9 Å². The van der Waals surface area contributed by atoms with Crippen molar-refractivity contribution in [2.75, 3.05) is 43.3 Å². The topological polar surface area (TPSA) is 60.9 Å². The molecule has 1 fully saturated rings. The van der Waals surface area contributed by atoms with Crippen LogP contribution in [0.3, 0.4) is 0 Å². The number of amides is 1. The molecule has 0 aliphatic carbocycles. The SMILES string of the molecule is Cc1ccccc1N(CCCC(=O)N1CCN(C(c2ccccc2)c2ccccc2)CC1)S(C)(=O)=O. The monoisotopic (exact) mass is 505 g/mol. The Labute approximate surface area is 215 Å². The first-order valence-electron chi connectivity index (χ1n) is 12.5. The lowest BCUT2D eigenvalue weighted by Gasteiger charge is -2.40. The smallest absolute Gasteiger partial charge is 0.232 e. The largest absolute Gasteiger partial charge is 0.340 e. The Hall–Kier alpha value is -3.16. The second-order valence-electron chi connectivity index (χ2n) is 9.37. The van der Waals surface area contributed by atoms with E-state index in [9.17, 15) is 13.2 Å². The maximum absolute atomic E-state index is 13.0. The molecule has 1 saturated heterocycles. The van der Waals surface area contributed by atoms with Crippen molar-refractivity contribution in [2.45, 2.75) is 25.8 Å². The lowest BCUT2D eigenvalue weighted by molar-refractivity contribution is -0.133. The highest BCUT2D eigenvalue weighted by Crippen LogP contribution is 2.29. The van der Waals surface area contributed by atoms with Crippen molar-refractivity contribution in [3.63, 3.8) is 0 Å². The van der Waals surface area contributed by atoms with Crippen LogP contribution < -0.4 is 4.31 Å². The van der Waals surface area contributed by atoms with Gasteiger partial charge in [-0.2, -0.15) is 0 Å². The second kappa shape index (κ2) is 11.7. The van der Waals surface area contributed by atoms with Crippen LogP contribution in [0.4, 0.5) is 5.69 Å². The molecule has 190 valence electrons. The van der Waals surface area contributed by atoms with Crippen molar-refractivity contribution >= 4 is 21.6 Å². The van der Waals surface area contributed by atoms with E-state index < -0.39 is 10.0 Å². The number of piperazine rings is 1. The average Bonchev–Trinajstić information content (AvgIpc) is 2.88. The minimum absolute atomic E-state index is 0.0869. The number of sulfonamides is 1. The number of benzene rings is 3. The van der Waals surface area contributed by atoms with Crippen molar-refractivity contribution in [3.8, 4) is 0 Å². The zero-order valence-electron chi connectivity index (χ0n) is 21.1. The summed E-state index contributed by atoms with van der Waals surface area (Å²) in [6.07, 6.45) is 2.03. The second-order valence-corrected chi connectivity index (χ2v) is 11.3. The number of rotatable bonds is 9. The average molecular weight is 506 g/mol. The Balaban J connectivity index is 1.35. The molecular weight excluding hydrogens is 470 g/mol. The third-order valence-corrected chi connectivity index (χ3v) is 7.98. The van der Waals surface area contributed by atoms with E-state index >= 15 is 0 Å². The van der Waals surface area contributed by atoms with Crippen molar-refractivity contribution in [1.82, 2.24) is 9.80 Å². The van der Waals surface area contributed by atoms with Crippen LogP contribution in [-0.2, 0) is 14.8 Å². The Bertz CT molecular complexity index is 1200. The summed E-state index contributed by atoms with van der Waals surface area (Å²) in [5, 5.41) is 0. The van der Waals surface area contributed by atoms with Gasteiger partial charge in [-0.25, -0.2) is 8.42 Å². The Morgan fingerprint density at radius 3 is 1.89 bits per heavy atom. The molecule has 3 aromatic rings. The normalized spacial score (nSPS) is 14.7. The molecule has 0 saturated carbocycles. The molecule has 0 N–H and O–H groups in total. The van der Waals surface area contributed by atoms with Gasteiger partial charge in [-0.15, -0.1) is 0 Å². The van der Waals surface area contributed by atoms with Crippen molar-refractivity contribution in [1.29, 1.82) is 0 Å². The van der Waals surface area contributed by atoms with E-state index in [0.717, 1.165) is 18.7 Å². The molecule has 1 heterocycles. The molecule has 7 heteroatoms. The maximum atomic E-state index is 13.0. The molecule has 0 spiro atoms. The van der Waals surface area contributed by atoms with Gasteiger partial charge in [0.1, 0.15) is 0 Å². The summed E-state index contributed by atoms with van der Waals surface area (Å²) in [6.45, 7) is 5.11. The molecule has 3 aromatic carbocycles. The molecule has 0 radical (unpaired) electrons. The van der Waals surface area contributed by atoms with Gasteiger partial charge in [0.15, 0.2) is 0 Å². The summed E-state index contributed by atoms with van der Waals surface area (Å²) in [7, 11) is -3.43. The zero-order valence-corrected chi connectivity index (χ0v) is 21.9. The molecule has 4 rings (SSSR count). The number of carbonyl (C=O) groups excluding carboxylic acids is 1. The van der Waals surface area contributed by atoms with Gasteiger partial charge in [-0.3, -0.25) is 14.0 Å². The molecule has 0 bridgehead atoms. The van der Waals surface area contributed by atoms with E-state index in [0.29, 0.717) is 38.2 Å². The predicted molar refractivity (Wildman–Crippen MR) is 145 cm³/mol. The van der Waals surface area contributed by atoms with E-state index in [2.05, 4.69) is 53.4 Å². The summed E-state index contributed by atoms with van der Waals surface area (Å²) >= 11 is 0. The summed E-state index contributed by atoms with van der Waals surface area (Å²) in [4.78, 5) is 17.3. The van der Waals surface area contributed by atoms with Gasteiger partial charge < -0.3 is 4.90 Å². The number of hydrogen-bond donors (Lipinski definition) is 0. The molecule has 36 heavy (non-hydrogen) atoms. The molecule has 1 aliphatic heterocycles. The lowest BCUT2D eigenvalue weighted by atomic mass is 9.96. The number of para-hydroxylation sites is 1. The molecule has 0 aromatic heterocycles. The maximum Gasteiger partial charge on any atom is 0.232 e. The van der Waals surface area contributed by atoms with Gasteiger partial charge in [0.25, 0.3) is 0 Å². The number of nitrogens with zero attached hydrogens (tertiary/aromatic N) is 3. The summed E-state index contributed by atoms with van der Waals surface area (Å²) in [6, 6.07) is 28.6. The Morgan fingerprint density at radius 2 is 1.36 bits per heavy atom. The fourth-order valence-corrected chi connectivity index (χ4v) is 5.98. The van der Waals surface area contributed by atoms with Crippen molar-refractivity contribution < 1.29 is 13.2 Å². The third-order valence-electron chi connectivity index (χ3n) is 6.80. The van der Waals surface area contributed by atoms with Gasteiger partial charge in [-0.05, 0) is 36.1 Å². The minimum atomic E-state index is -3.43. The number of hydrogen-bond acceptors (Lipinski definition) is 4. The van der Waals surface area contributed by atoms with Crippen molar-refractivity contribution in [2.24, 2.45) is 0 Å². The van der Waals surface area contributed by atoms with E-state index in [1.807, 2.05) is 48.2 Å². The molecule has 1 amide bonds. The molecule has 6 nitrogen and oxygen atoms in total. The standard InChI is InChI=1S/C29H35N3O3S/c1-24-12-9-10-17-27(24)32(36(2,34)35)19-11-18-28(33)30-20-22-31(23-21-30)29(25-13-5-3-6-14-25)26-15-7-4-8-16-26/h3-10,12-17,29H,11,18-23H2,1-2H3. The third kappa shape index (κ3) is 6.33. The van der Waals surface area contributed by atoms with Gasteiger partial charge in [0, 0.05) is 39.1 Å². The summed E-state index contributed by atoms with van der Waals surface area (Å²) in [5.41, 5.74) is 4.08. The number of anilines is 1. The fourth-order valence-electron chi connectivity index (χ4n) is 4.95. The van der Waals surface area contributed by atoms with Crippen molar-refractivity contribution in [3.05, 3.63) is 102 Å². The minimum Gasteiger partial charge on any atom is -0.340 e. The first-order valence-corrected chi connectivity index (χ1v) is 14.3. The van der Waals surface area contributed by atoms with E-state index in [1.54, 1.807) is 0 Å². The number of carbonyl (C=O) groups is 1. The molecular formula is C29H35N3O3S. The van der Waals surface area contributed by atoms with E-state index in [-0.39, 0.29) is 11.9 Å². The molecule has 1 aliphatic rings. The highest BCUT2D eigenvalue weighted by Gasteiger charge is 2.28. The first kappa shape index (κ1) is 25.9. The van der Waals surface area contributed by atoms with Crippen LogP contribution in [0.15, 0.2) is 84.9 Å². The fraction of sp³-hybridized carbons (Fsp3) is 0.345. The molecule has 0 atom stereocenters. The van der Waals surface area contributed by atoms with Gasteiger partial charge >= 0.3 is 0 Å². The van der Waals surface area contributed by atoms with Crippen LogP contribution in [0.1, 0.15) is 35.6 Å². The van der Waals surface area contributed by atoms with Crippen LogP contribution in [0.25, 0.3) is 0 Å². The summed E-state index contributed by atoms with van der Waals surface area (Å²) in [5.74, 6) is 0.0869. The van der Waals surface area contributed by atoms with Crippen LogP contribution in [0, 0.1) is 6.92 Å². The van der Waals surface area contributed by atoms with E-state index in [1.165, 1.54) is 21.7 Å². The Morgan fingerprint density at radius 1 is 0.833 bits per heavy atom. The first-order chi connectivity index (χ1) is 17.3. The number of aryl methyl sites for hydroxylation is 1. The predicted octanol–water partition coefficient (Wildman–Crippen LogP) is 4.48. The van der Waals surface area contributed by atoms with E-state index in [4.69, 9.17) is 0 Å². The van der Waals surface area contributed by atoms with Gasteiger partial charge in [0.05, 0.1) is 18.0 Å². The highest BCUT2D eigenvalue weighted by atomic mass is 32.2. The van der Waals surface area contributed by atoms with Gasteiger partial charge in [-0.1, -0.05) is 78.9 Å².